The Labute approximate surface area is 171 Å². The van der Waals surface area contributed by atoms with Crippen LogP contribution in [0.15, 0.2) is 17.5 Å². The summed E-state index contributed by atoms with van der Waals surface area (Å²) in [5, 5.41) is 5.68. The summed E-state index contributed by atoms with van der Waals surface area (Å²) in [6, 6.07) is 3.89. The predicted molar refractivity (Wildman–Crippen MR) is 113 cm³/mol. The van der Waals surface area contributed by atoms with Crippen LogP contribution < -0.4 is 11.1 Å². The van der Waals surface area contributed by atoms with Gasteiger partial charge in [-0.05, 0) is 31.9 Å². The minimum absolute atomic E-state index is 0.0791. The number of aromatic nitrogens is 2. The Kier molecular flexibility index (Phi) is 6.58. The summed E-state index contributed by atoms with van der Waals surface area (Å²) in [6.07, 6.45) is 3.17. The Balaban J connectivity index is 1.73. The van der Waals surface area contributed by atoms with Crippen molar-refractivity contribution in [3.05, 3.63) is 33.8 Å². The van der Waals surface area contributed by atoms with Gasteiger partial charge in [-0.15, -0.1) is 22.7 Å². The minimum atomic E-state index is -0.343. The fraction of sp³-hybridized carbons (Fsp3) is 0.368. The zero-order chi connectivity index (χ0) is 20.1. The lowest BCUT2D eigenvalue weighted by atomic mass is 10.1. The molecule has 3 aromatic heterocycles. The van der Waals surface area contributed by atoms with Crippen LogP contribution in [0, 0.1) is 0 Å². The molecule has 7 nitrogen and oxygen atoms in total. The highest BCUT2D eigenvalue weighted by Gasteiger charge is 2.19. The number of unbranched alkanes of at least 4 members (excludes halogenated alkanes) is 1. The van der Waals surface area contributed by atoms with Gasteiger partial charge in [-0.1, -0.05) is 13.3 Å². The number of hydrogen-bond acceptors (Lipinski definition) is 8. The van der Waals surface area contributed by atoms with E-state index in [-0.39, 0.29) is 18.3 Å². The van der Waals surface area contributed by atoms with Gasteiger partial charge in [-0.2, -0.15) is 0 Å². The van der Waals surface area contributed by atoms with Crippen molar-refractivity contribution in [3.63, 3.8) is 0 Å². The number of amides is 1. The molecule has 9 heteroatoms. The molecule has 0 radical (unpaired) electrons. The molecule has 3 N–H and O–H groups in total. The van der Waals surface area contributed by atoms with E-state index in [1.165, 1.54) is 22.7 Å². The number of nitrogens with two attached hydrogens (primary N) is 1. The first-order valence-corrected chi connectivity index (χ1v) is 10.8. The van der Waals surface area contributed by atoms with Crippen LogP contribution in [0.25, 0.3) is 10.2 Å². The molecule has 148 valence electrons. The highest BCUT2D eigenvalue weighted by Crippen LogP contribution is 2.33. The number of rotatable bonds is 8. The zero-order valence-corrected chi connectivity index (χ0v) is 17.4. The third-order valence-corrected chi connectivity index (χ3v) is 5.97. The van der Waals surface area contributed by atoms with Crippen LogP contribution in [0.3, 0.4) is 0 Å². The molecular formula is C19H22N4O3S2. The van der Waals surface area contributed by atoms with Crippen LogP contribution >= 0.6 is 22.7 Å². The summed E-state index contributed by atoms with van der Waals surface area (Å²) in [5.41, 5.74) is 8.17. The summed E-state index contributed by atoms with van der Waals surface area (Å²) < 4.78 is 4.91. The first-order chi connectivity index (χ1) is 13.5. The topological polar surface area (TPSA) is 107 Å². The van der Waals surface area contributed by atoms with Crippen LogP contribution in [-0.4, -0.2) is 28.5 Å². The van der Waals surface area contributed by atoms with E-state index >= 15 is 0 Å². The number of fused-ring (bicyclic) bond motifs is 1. The molecule has 3 rings (SSSR count). The van der Waals surface area contributed by atoms with E-state index in [2.05, 4.69) is 22.2 Å². The van der Waals surface area contributed by atoms with Crippen molar-refractivity contribution in [1.29, 1.82) is 0 Å². The summed E-state index contributed by atoms with van der Waals surface area (Å²) >= 11 is 2.53. The normalized spacial score (nSPS) is 10.9. The number of nitrogen functional groups attached to an aromatic ring is 1. The van der Waals surface area contributed by atoms with E-state index in [9.17, 15) is 9.59 Å². The number of pyridine rings is 1. The molecule has 0 saturated carbocycles. The Morgan fingerprint density at radius 1 is 1.21 bits per heavy atom. The lowest BCUT2D eigenvalue weighted by Crippen LogP contribution is -2.12. The molecule has 3 aromatic rings. The molecule has 0 spiro atoms. The van der Waals surface area contributed by atoms with Gasteiger partial charge >= 0.3 is 5.97 Å². The highest BCUT2D eigenvalue weighted by atomic mass is 32.1. The number of hydrogen-bond donors (Lipinski definition) is 2. The highest BCUT2D eigenvalue weighted by molar-refractivity contribution is 7.21. The molecule has 0 bridgehead atoms. The molecule has 0 aliphatic heterocycles. The maximum atomic E-state index is 12.7. The number of nitrogens with zero attached hydrogens (tertiary/aromatic N) is 2. The summed E-state index contributed by atoms with van der Waals surface area (Å²) in [6.45, 7) is 4.22. The third-order valence-electron chi connectivity index (χ3n) is 4.05. The van der Waals surface area contributed by atoms with E-state index in [0.717, 1.165) is 35.2 Å². The first-order valence-electron chi connectivity index (χ1n) is 9.11. The van der Waals surface area contributed by atoms with Gasteiger partial charge < -0.3 is 10.5 Å². The standard InChI is InChI=1S/C19H22N4O3S2/c1-3-5-6-11-7-8-13-15(20)16(28-18(13)21-11)17(25)23-19-22-12(10-27-19)9-14(24)26-4-2/h7-8,10H,3-6,9,20H2,1-2H3,(H,22,23,25). The van der Waals surface area contributed by atoms with Crippen LogP contribution in [0.2, 0.25) is 0 Å². The largest absolute Gasteiger partial charge is 0.466 e. The number of carbonyl (C=O) groups excluding carboxylic acids is 2. The van der Waals surface area contributed by atoms with E-state index in [4.69, 9.17) is 10.5 Å². The molecular weight excluding hydrogens is 396 g/mol. The molecule has 1 amide bonds. The summed E-state index contributed by atoms with van der Waals surface area (Å²) in [5.74, 6) is -0.669. The number of aryl methyl sites for hydroxylation is 1. The van der Waals surface area contributed by atoms with E-state index in [1.807, 2.05) is 12.1 Å². The number of anilines is 2. The van der Waals surface area contributed by atoms with Crippen molar-refractivity contribution >= 4 is 55.6 Å². The van der Waals surface area contributed by atoms with Crippen molar-refractivity contribution in [1.82, 2.24) is 9.97 Å². The molecule has 0 fully saturated rings. The Morgan fingerprint density at radius 2 is 2.04 bits per heavy atom. The summed E-state index contributed by atoms with van der Waals surface area (Å²) in [7, 11) is 0. The van der Waals surface area contributed by atoms with Crippen molar-refractivity contribution in [2.75, 3.05) is 17.7 Å². The quantitative estimate of drug-likeness (QED) is 0.535. The van der Waals surface area contributed by atoms with Crippen molar-refractivity contribution in [3.8, 4) is 0 Å². The fourth-order valence-electron chi connectivity index (χ4n) is 2.66. The molecule has 0 atom stereocenters. The lowest BCUT2D eigenvalue weighted by Gasteiger charge is -2.00. The van der Waals surface area contributed by atoms with Gasteiger partial charge in [0, 0.05) is 16.5 Å². The molecule has 28 heavy (non-hydrogen) atoms. The molecule has 0 saturated heterocycles. The average molecular weight is 419 g/mol. The number of ether oxygens (including phenoxy) is 1. The SMILES string of the molecule is CCCCc1ccc2c(N)c(C(=O)Nc3nc(CC(=O)OCC)cs3)sc2n1. The molecule has 0 unspecified atom stereocenters. The van der Waals surface area contributed by atoms with Gasteiger partial charge in [0.15, 0.2) is 5.13 Å². The average Bonchev–Trinajstić information content (AvgIpc) is 3.24. The monoisotopic (exact) mass is 418 g/mol. The molecule has 0 aromatic carbocycles. The van der Waals surface area contributed by atoms with Gasteiger partial charge in [0.25, 0.3) is 5.91 Å². The maximum absolute atomic E-state index is 12.7. The fourth-order valence-corrected chi connectivity index (χ4v) is 4.37. The Bertz CT molecular complexity index is 996. The number of thiophene rings is 1. The Morgan fingerprint density at radius 3 is 2.79 bits per heavy atom. The Hall–Kier alpha value is -2.52. The maximum Gasteiger partial charge on any atom is 0.311 e. The second-order valence-corrected chi connectivity index (χ2v) is 8.04. The molecule has 3 heterocycles. The predicted octanol–water partition coefficient (Wildman–Crippen LogP) is 4.04. The van der Waals surface area contributed by atoms with Gasteiger partial charge in [0.2, 0.25) is 0 Å². The van der Waals surface area contributed by atoms with Gasteiger partial charge in [-0.25, -0.2) is 9.97 Å². The number of esters is 1. The van der Waals surface area contributed by atoms with Gasteiger partial charge in [0.05, 0.1) is 24.4 Å². The number of carbonyl (C=O) groups is 2. The second-order valence-electron chi connectivity index (χ2n) is 6.18. The molecule has 0 aliphatic carbocycles. The van der Waals surface area contributed by atoms with Crippen LogP contribution in [-0.2, 0) is 22.4 Å². The smallest absolute Gasteiger partial charge is 0.311 e. The van der Waals surface area contributed by atoms with E-state index in [1.54, 1.807) is 12.3 Å². The first kappa shape index (κ1) is 20.2. The number of thiazole rings is 1. The van der Waals surface area contributed by atoms with Crippen LogP contribution in [0.4, 0.5) is 10.8 Å². The van der Waals surface area contributed by atoms with Crippen molar-refractivity contribution in [2.24, 2.45) is 0 Å². The van der Waals surface area contributed by atoms with Crippen molar-refractivity contribution < 1.29 is 14.3 Å². The minimum Gasteiger partial charge on any atom is -0.466 e. The van der Waals surface area contributed by atoms with E-state index in [0.29, 0.717) is 28.0 Å². The van der Waals surface area contributed by atoms with Gasteiger partial charge in [0.1, 0.15) is 9.71 Å². The summed E-state index contributed by atoms with van der Waals surface area (Å²) in [4.78, 5) is 34.3. The lowest BCUT2D eigenvalue weighted by molar-refractivity contribution is -0.142. The zero-order valence-electron chi connectivity index (χ0n) is 15.8. The van der Waals surface area contributed by atoms with Crippen LogP contribution in [0.1, 0.15) is 47.7 Å². The van der Waals surface area contributed by atoms with Crippen molar-refractivity contribution in [2.45, 2.75) is 39.5 Å². The van der Waals surface area contributed by atoms with Gasteiger partial charge in [-0.3, -0.25) is 14.9 Å². The molecule has 0 aliphatic rings. The van der Waals surface area contributed by atoms with E-state index < -0.39 is 0 Å². The third kappa shape index (κ3) is 4.66. The van der Waals surface area contributed by atoms with Crippen LogP contribution in [0.5, 0.6) is 0 Å². The number of nitrogens with one attached hydrogen (secondary N) is 1. The second kappa shape index (κ2) is 9.11.